The standard InChI is InChI=1S/C17H14ClN3O3S/c18-10-3-1-2-9(6-10)13-7-12-15(25-13)14(17(22)23)20-21-16(12)19-11-4-5-24-8-11/h1-3,6-7,11H,4-5,8H2,(H,19,21)(H,22,23). The number of benzene rings is 1. The molecule has 25 heavy (non-hydrogen) atoms. The zero-order chi connectivity index (χ0) is 17.4. The molecular weight excluding hydrogens is 362 g/mol. The third kappa shape index (κ3) is 3.18. The molecule has 1 saturated heterocycles. The van der Waals surface area contributed by atoms with Gasteiger partial charge >= 0.3 is 5.97 Å². The Balaban J connectivity index is 1.84. The third-order valence-electron chi connectivity index (χ3n) is 4.03. The molecule has 0 spiro atoms. The fourth-order valence-electron chi connectivity index (χ4n) is 2.81. The van der Waals surface area contributed by atoms with Gasteiger partial charge in [-0.25, -0.2) is 4.79 Å². The fourth-order valence-corrected chi connectivity index (χ4v) is 4.14. The lowest BCUT2D eigenvalue weighted by molar-refractivity contribution is 0.0692. The van der Waals surface area contributed by atoms with Gasteiger partial charge in [0.1, 0.15) is 0 Å². The van der Waals surface area contributed by atoms with E-state index in [1.807, 2.05) is 24.3 Å². The van der Waals surface area contributed by atoms with Crippen molar-refractivity contribution < 1.29 is 14.6 Å². The first-order valence-corrected chi connectivity index (χ1v) is 8.95. The van der Waals surface area contributed by atoms with Gasteiger partial charge in [-0.2, -0.15) is 0 Å². The molecule has 0 amide bonds. The minimum Gasteiger partial charge on any atom is -0.476 e. The van der Waals surface area contributed by atoms with Gasteiger partial charge in [-0.15, -0.1) is 21.5 Å². The molecular formula is C17H14ClN3O3S. The first-order valence-electron chi connectivity index (χ1n) is 7.75. The second-order valence-corrected chi connectivity index (χ2v) is 7.26. The maximum Gasteiger partial charge on any atom is 0.357 e. The highest BCUT2D eigenvalue weighted by molar-refractivity contribution is 7.22. The lowest BCUT2D eigenvalue weighted by Crippen LogP contribution is -2.20. The molecule has 3 heterocycles. The quantitative estimate of drug-likeness (QED) is 0.719. The predicted molar refractivity (Wildman–Crippen MR) is 97.7 cm³/mol. The van der Waals surface area contributed by atoms with Crippen LogP contribution >= 0.6 is 22.9 Å². The number of rotatable bonds is 4. The maximum absolute atomic E-state index is 11.5. The molecule has 6 nitrogen and oxygen atoms in total. The number of carboxylic acid groups (broad SMARTS) is 1. The van der Waals surface area contributed by atoms with Crippen molar-refractivity contribution in [2.75, 3.05) is 18.5 Å². The van der Waals surface area contributed by atoms with E-state index in [4.69, 9.17) is 16.3 Å². The van der Waals surface area contributed by atoms with Crippen LogP contribution in [0.5, 0.6) is 0 Å². The van der Waals surface area contributed by atoms with Gasteiger partial charge in [-0.1, -0.05) is 23.7 Å². The molecule has 2 N–H and O–H groups in total. The van der Waals surface area contributed by atoms with E-state index >= 15 is 0 Å². The maximum atomic E-state index is 11.5. The Hall–Kier alpha value is -2.22. The first kappa shape index (κ1) is 16.3. The van der Waals surface area contributed by atoms with Crippen LogP contribution in [-0.4, -0.2) is 40.5 Å². The largest absolute Gasteiger partial charge is 0.476 e. The van der Waals surface area contributed by atoms with Gasteiger partial charge < -0.3 is 15.2 Å². The highest BCUT2D eigenvalue weighted by Gasteiger charge is 2.22. The summed E-state index contributed by atoms with van der Waals surface area (Å²) in [5.74, 6) is -0.507. The van der Waals surface area contributed by atoms with Gasteiger partial charge in [0.05, 0.1) is 17.3 Å². The van der Waals surface area contributed by atoms with E-state index < -0.39 is 5.97 Å². The number of carbonyl (C=O) groups is 1. The van der Waals surface area contributed by atoms with Gasteiger partial charge in [0.15, 0.2) is 11.5 Å². The second-order valence-electron chi connectivity index (χ2n) is 5.77. The monoisotopic (exact) mass is 375 g/mol. The third-order valence-corrected chi connectivity index (χ3v) is 5.46. The Bertz CT molecular complexity index is 953. The van der Waals surface area contributed by atoms with Crippen molar-refractivity contribution in [3.63, 3.8) is 0 Å². The Labute approximate surface area is 152 Å². The second kappa shape index (κ2) is 6.59. The summed E-state index contributed by atoms with van der Waals surface area (Å²) in [6, 6.07) is 9.55. The number of nitrogens with zero attached hydrogens (tertiary/aromatic N) is 2. The number of carboxylic acids is 1. The van der Waals surface area contributed by atoms with E-state index in [2.05, 4.69) is 15.5 Å². The zero-order valence-corrected chi connectivity index (χ0v) is 14.6. The summed E-state index contributed by atoms with van der Waals surface area (Å²) in [5, 5.41) is 22.1. The number of halogens is 1. The van der Waals surface area contributed by atoms with E-state index in [-0.39, 0.29) is 11.7 Å². The Morgan fingerprint density at radius 3 is 2.96 bits per heavy atom. The van der Waals surface area contributed by atoms with Crippen molar-refractivity contribution in [3.05, 3.63) is 41.0 Å². The van der Waals surface area contributed by atoms with Crippen molar-refractivity contribution in [2.45, 2.75) is 12.5 Å². The van der Waals surface area contributed by atoms with Crippen molar-refractivity contribution in [1.82, 2.24) is 10.2 Å². The van der Waals surface area contributed by atoms with Crippen LogP contribution in [-0.2, 0) is 4.74 Å². The number of fused-ring (bicyclic) bond motifs is 1. The van der Waals surface area contributed by atoms with Gasteiger partial charge in [0.2, 0.25) is 0 Å². The summed E-state index contributed by atoms with van der Waals surface area (Å²) < 4.78 is 5.97. The molecule has 0 saturated carbocycles. The minimum absolute atomic E-state index is 0.0403. The van der Waals surface area contributed by atoms with Crippen LogP contribution in [0.25, 0.3) is 20.5 Å². The molecule has 2 aromatic heterocycles. The summed E-state index contributed by atoms with van der Waals surface area (Å²) >= 11 is 7.45. The molecule has 1 fully saturated rings. The van der Waals surface area contributed by atoms with Crippen molar-refractivity contribution >= 4 is 44.8 Å². The fraction of sp³-hybridized carbons (Fsp3) is 0.235. The molecule has 1 unspecified atom stereocenters. The van der Waals surface area contributed by atoms with Crippen LogP contribution in [0.1, 0.15) is 16.9 Å². The Kier molecular flexibility index (Phi) is 4.29. The van der Waals surface area contributed by atoms with Crippen LogP contribution in [0.4, 0.5) is 5.82 Å². The van der Waals surface area contributed by atoms with E-state index in [9.17, 15) is 9.90 Å². The van der Waals surface area contributed by atoms with Crippen molar-refractivity contribution in [3.8, 4) is 10.4 Å². The van der Waals surface area contributed by atoms with Crippen LogP contribution < -0.4 is 5.32 Å². The lowest BCUT2D eigenvalue weighted by Gasteiger charge is -2.11. The average molecular weight is 376 g/mol. The van der Waals surface area contributed by atoms with Crippen LogP contribution in [0.2, 0.25) is 5.02 Å². The molecule has 1 aliphatic heterocycles. The van der Waals surface area contributed by atoms with E-state index in [1.165, 1.54) is 11.3 Å². The zero-order valence-electron chi connectivity index (χ0n) is 13.0. The molecule has 1 aliphatic rings. The van der Waals surface area contributed by atoms with Crippen LogP contribution in [0.15, 0.2) is 30.3 Å². The molecule has 3 aromatic rings. The lowest BCUT2D eigenvalue weighted by atomic mass is 10.1. The normalized spacial score (nSPS) is 17.1. The molecule has 0 radical (unpaired) electrons. The van der Waals surface area contributed by atoms with E-state index in [0.717, 1.165) is 22.2 Å². The van der Waals surface area contributed by atoms with Gasteiger partial charge in [0, 0.05) is 21.9 Å². The molecule has 0 bridgehead atoms. The predicted octanol–water partition coefficient (Wildman–Crippen LogP) is 3.91. The van der Waals surface area contributed by atoms with Crippen molar-refractivity contribution in [2.24, 2.45) is 0 Å². The number of hydrogen-bond donors (Lipinski definition) is 2. The SMILES string of the molecule is O=C(O)c1nnc(NC2CCOC2)c2cc(-c3cccc(Cl)c3)sc12. The summed E-state index contributed by atoms with van der Waals surface area (Å²) in [6.45, 7) is 1.31. The number of anilines is 1. The summed E-state index contributed by atoms with van der Waals surface area (Å²) in [4.78, 5) is 12.4. The molecule has 128 valence electrons. The Morgan fingerprint density at radius 1 is 1.36 bits per heavy atom. The first-order chi connectivity index (χ1) is 12.1. The average Bonchev–Trinajstić information content (AvgIpc) is 3.24. The highest BCUT2D eigenvalue weighted by Crippen LogP contribution is 2.38. The van der Waals surface area contributed by atoms with E-state index in [0.29, 0.717) is 28.8 Å². The topological polar surface area (TPSA) is 84.3 Å². The number of aromatic carboxylic acids is 1. The number of aromatic nitrogens is 2. The Morgan fingerprint density at radius 2 is 2.24 bits per heavy atom. The minimum atomic E-state index is -1.09. The van der Waals surface area contributed by atoms with E-state index in [1.54, 1.807) is 6.07 Å². The number of hydrogen-bond acceptors (Lipinski definition) is 6. The molecule has 0 aliphatic carbocycles. The number of thiophene rings is 1. The molecule has 1 atom stereocenters. The van der Waals surface area contributed by atoms with Crippen LogP contribution in [0, 0.1) is 0 Å². The smallest absolute Gasteiger partial charge is 0.357 e. The van der Waals surface area contributed by atoms with Crippen LogP contribution in [0.3, 0.4) is 0 Å². The van der Waals surface area contributed by atoms with Gasteiger partial charge in [-0.3, -0.25) is 0 Å². The summed E-state index contributed by atoms with van der Waals surface area (Å²) in [7, 11) is 0. The summed E-state index contributed by atoms with van der Waals surface area (Å²) in [6.07, 6.45) is 0.884. The van der Waals surface area contributed by atoms with Gasteiger partial charge in [-0.05, 0) is 30.2 Å². The molecule has 8 heteroatoms. The molecule has 1 aromatic carbocycles. The number of nitrogens with one attached hydrogen (secondary N) is 1. The van der Waals surface area contributed by atoms with Gasteiger partial charge in [0.25, 0.3) is 0 Å². The number of ether oxygens (including phenoxy) is 1. The van der Waals surface area contributed by atoms with Crippen molar-refractivity contribution in [1.29, 1.82) is 0 Å². The molecule has 4 rings (SSSR count). The summed E-state index contributed by atoms with van der Waals surface area (Å²) in [5.41, 5.74) is 0.890. The highest BCUT2D eigenvalue weighted by atomic mass is 35.5.